The quantitative estimate of drug-likeness (QED) is 0.690. The van der Waals surface area contributed by atoms with Crippen LogP contribution < -0.4 is 4.74 Å². The molecule has 0 aliphatic heterocycles. The molecule has 0 radical (unpaired) electrons. The van der Waals surface area contributed by atoms with Gasteiger partial charge in [-0.25, -0.2) is 0 Å². The summed E-state index contributed by atoms with van der Waals surface area (Å²) in [5, 5.41) is 0. The third kappa shape index (κ3) is 3.08. The van der Waals surface area contributed by atoms with E-state index in [9.17, 15) is 4.79 Å². The normalized spacial score (nSPS) is 10.1. The Morgan fingerprint density at radius 3 is 2.67 bits per heavy atom. The van der Waals surface area contributed by atoms with Gasteiger partial charge in [0.2, 0.25) is 0 Å². The second-order valence-electron chi connectivity index (χ2n) is 3.61. The molecule has 2 heteroatoms. The number of hydrogen-bond donors (Lipinski definition) is 0. The smallest absolute Gasteiger partial charge is 0.166 e. The molecular formula is C13H18O2. The average molecular weight is 206 g/mol. The van der Waals surface area contributed by atoms with Crippen LogP contribution in [0.4, 0.5) is 0 Å². The summed E-state index contributed by atoms with van der Waals surface area (Å²) in [6, 6.07) is 5.75. The second kappa shape index (κ2) is 5.54. The molecule has 0 spiro atoms. The molecule has 0 bridgehead atoms. The van der Waals surface area contributed by atoms with Crippen molar-refractivity contribution in [2.24, 2.45) is 0 Å². The lowest BCUT2D eigenvalue weighted by Crippen LogP contribution is -2.04. The van der Waals surface area contributed by atoms with Crippen molar-refractivity contribution in [2.45, 2.75) is 33.6 Å². The van der Waals surface area contributed by atoms with Gasteiger partial charge < -0.3 is 4.74 Å². The highest BCUT2D eigenvalue weighted by molar-refractivity contribution is 5.98. The maximum atomic E-state index is 11.8. The fraction of sp³-hybridized carbons (Fsp3) is 0.462. The monoisotopic (exact) mass is 206 g/mol. The molecule has 1 rings (SSSR count). The molecule has 0 heterocycles. The SMILES string of the molecule is CCCC(=O)c1cc(C)ccc1OCC. The van der Waals surface area contributed by atoms with Gasteiger partial charge in [0.1, 0.15) is 5.75 Å². The second-order valence-corrected chi connectivity index (χ2v) is 3.61. The topological polar surface area (TPSA) is 26.3 Å². The van der Waals surface area contributed by atoms with Gasteiger partial charge in [-0.3, -0.25) is 4.79 Å². The van der Waals surface area contributed by atoms with Crippen LogP contribution >= 0.6 is 0 Å². The summed E-state index contributed by atoms with van der Waals surface area (Å²) in [5.41, 5.74) is 1.82. The van der Waals surface area contributed by atoms with E-state index in [1.807, 2.05) is 39.0 Å². The van der Waals surface area contributed by atoms with Crippen molar-refractivity contribution < 1.29 is 9.53 Å². The van der Waals surface area contributed by atoms with Gasteiger partial charge in [0, 0.05) is 6.42 Å². The average Bonchev–Trinajstić information content (AvgIpc) is 2.21. The fourth-order valence-corrected chi connectivity index (χ4v) is 1.50. The molecule has 0 aliphatic rings. The zero-order valence-electron chi connectivity index (χ0n) is 9.67. The number of Topliss-reactive ketones (excluding diaryl/α,β-unsaturated/α-hetero) is 1. The summed E-state index contributed by atoms with van der Waals surface area (Å²) in [6.45, 7) is 6.51. The third-order valence-corrected chi connectivity index (χ3v) is 2.21. The maximum Gasteiger partial charge on any atom is 0.166 e. The zero-order valence-corrected chi connectivity index (χ0v) is 9.67. The van der Waals surface area contributed by atoms with Crippen molar-refractivity contribution in [3.05, 3.63) is 29.3 Å². The predicted octanol–water partition coefficient (Wildman–Crippen LogP) is 3.38. The van der Waals surface area contributed by atoms with Gasteiger partial charge in [-0.2, -0.15) is 0 Å². The molecule has 0 atom stereocenters. The van der Waals surface area contributed by atoms with Crippen LogP contribution in [-0.4, -0.2) is 12.4 Å². The summed E-state index contributed by atoms with van der Waals surface area (Å²) >= 11 is 0. The number of carbonyl (C=O) groups is 1. The Kier molecular flexibility index (Phi) is 4.35. The molecule has 0 saturated carbocycles. The van der Waals surface area contributed by atoms with Crippen molar-refractivity contribution in [3.8, 4) is 5.75 Å². The molecule has 0 amide bonds. The van der Waals surface area contributed by atoms with Gasteiger partial charge in [0.25, 0.3) is 0 Å². The summed E-state index contributed by atoms with van der Waals surface area (Å²) < 4.78 is 5.44. The van der Waals surface area contributed by atoms with Crippen molar-refractivity contribution in [3.63, 3.8) is 0 Å². The number of hydrogen-bond acceptors (Lipinski definition) is 2. The first kappa shape index (κ1) is 11.8. The van der Waals surface area contributed by atoms with E-state index < -0.39 is 0 Å². The lowest BCUT2D eigenvalue weighted by Gasteiger charge is -2.09. The van der Waals surface area contributed by atoms with Gasteiger partial charge in [-0.15, -0.1) is 0 Å². The Hall–Kier alpha value is -1.31. The van der Waals surface area contributed by atoms with Gasteiger partial charge in [0.05, 0.1) is 12.2 Å². The van der Waals surface area contributed by atoms with Crippen LogP contribution in [-0.2, 0) is 0 Å². The van der Waals surface area contributed by atoms with Crippen molar-refractivity contribution in [1.82, 2.24) is 0 Å². The Balaban J connectivity index is 3.00. The third-order valence-electron chi connectivity index (χ3n) is 2.21. The summed E-state index contributed by atoms with van der Waals surface area (Å²) in [5.74, 6) is 0.881. The highest BCUT2D eigenvalue weighted by Gasteiger charge is 2.11. The van der Waals surface area contributed by atoms with E-state index in [4.69, 9.17) is 4.74 Å². The lowest BCUT2D eigenvalue weighted by atomic mass is 10.0. The molecular weight excluding hydrogens is 188 g/mol. The van der Waals surface area contributed by atoms with E-state index >= 15 is 0 Å². The van der Waals surface area contributed by atoms with E-state index in [0.29, 0.717) is 18.8 Å². The summed E-state index contributed by atoms with van der Waals surface area (Å²) in [4.78, 5) is 11.8. The first-order chi connectivity index (χ1) is 7.19. The Morgan fingerprint density at radius 1 is 1.33 bits per heavy atom. The van der Waals surface area contributed by atoms with Crippen LogP contribution in [0.5, 0.6) is 5.75 Å². The Morgan fingerprint density at radius 2 is 2.07 bits per heavy atom. The number of aryl methyl sites for hydroxylation is 1. The molecule has 0 saturated heterocycles. The number of rotatable bonds is 5. The van der Waals surface area contributed by atoms with Crippen LogP contribution in [0.2, 0.25) is 0 Å². The minimum absolute atomic E-state index is 0.171. The molecule has 1 aromatic rings. The molecule has 0 unspecified atom stereocenters. The first-order valence-electron chi connectivity index (χ1n) is 5.45. The number of ketones is 1. The summed E-state index contributed by atoms with van der Waals surface area (Å²) in [6.07, 6.45) is 1.46. The maximum absolute atomic E-state index is 11.8. The molecule has 2 nitrogen and oxygen atoms in total. The minimum Gasteiger partial charge on any atom is -0.493 e. The van der Waals surface area contributed by atoms with Gasteiger partial charge in [0.15, 0.2) is 5.78 Å². The fourth-order valence-electron chi connectivity index (χ4n) is 1.50. The van der Waals surface area contributed by atoms with E-state index in [1.165, 1.54) is 0 Å². The van der Waals surface area contributed by atoms with Gasteiger partial charge in [-0.1, -0.05) is 18.6 Å². The van der Waals surface area contributed by atoms with Crippen LogP contribution in [0.1, 0.15) is 42.6 Å². The molecule has 1 aromatic carbocycles. The molecule has 0 aromatic heterocycles. The van der Waals surface area contributed by atoms with Gasteiger partial charge in [-0.05, 0) is 32.4 Å². The zero-order chi connectivity index (χ0) is 11.3. The van der Waals surface area contributed by atoms with Crippen LogP contribution in [0.25, 0.3) is 0 Å². The first-order valence-corrected chi connectivity index (χ1v) is 5.45. The molecule has 0 N–H and O–H groups in total. The van der Waals surface area contributed by atoms with Crippen molar-refractivity contribution >= 4 is 5.78 Å². The Labute approximate surface area is 91.3 Å². The highest BCUT2D eigenvalue weighted by atomic mass is 16.5. The Bertz CT molecular complexity index is 342. The van der Waals surface area contributed by atoms with Crippen LogP contribution in [0.3, 0.4) is 0 Å². The van der Waals surface area contributed by atoms with E-state index in [-0.39, 0.29) is 5.78 Å². The number of benzene rings is 1. The minimum atomic E-state index is 0.171. The van der Waals surface area contributed by atoms with E-state index in [0.717, 1.165) is 17.5 Å². The number of ether oxygens (including phenoxy) is 1. The van der Waals surface area contributed by atoms with Crippen molar-refractivity contribution in [2.75, 3.05) is 6.61 Å². The van der Waals surface area contributed by atoms with Crippen LogP contribution in [0.15, 0.2) is 18.2 Å². The molecule has 0 fully saturated rings. The summed E-state index contributed by atoms with van der Waals surface area (Å²) in [7, 11) is 0. The van der Waals surface area contributed by atoms with Crippen LogP contribution in [0, 0.1) is 6.92 Å². The van der Waals surface area contributed by atoms with E-state index in [1.54, 1.807) is 0 Å². The molecule has 15 heavy (non-hydrogen) atoms. The predicted molar refractivity (Wildman–Crippen MR) is 61.6 cm³/mol. The molecule has 82 valence electrons. The largest absolute Gasteiger partial charge is 0.493 e. The lowest BCUT2D eigenvalue weighted by molar-refractivity contribution is 0.0978. The molecule has 0 aliphatic carbocycles. The van der Waals surface area contributed by atoms with Gasteiger partial charge >= 0.3 is 0 Å². The van der Waals surface area contributed by atoms with E-state index in [2.05, 4.69) is 0 Å². The number of carbonyl (C=O) groups excluding carboxylic acids is 1. The standard InChI is InChI=1S/C13H18O2/c1-4-6-12(14)11-9-10(3)7-8-13(11)15-5-2/h7-9H,4-6H2,1-3H3. The highest BCUT2D eigenvalue weighted by Crippen LogP contribution is 2.22. The van der Waals surface area contributed by atoms with Crippen molar-refractivity contribution in [1.29, 1.82) is 0 Å².